The van der Waals surface area contributed by atoms with Crippen LogP contribution in [-0.2, 0) is 0 Å². The summed E-state index contributed by atoms with van der Waals surface area (Å²) in [6.45, 7) is 0.592. The number of aromatic carboxylic acids is 1. The third-order valence-corrected chi connectivity index (χ3v) is 2.68. The van der Waals surface area contributed by atoms with Crippen LogP contribution in [0.4, 0.5) is 11.4 Å². The zero-order chi connectivity index (χ0) is 12.8. The van der Waals surface area contributed by atoms with Gasteiger partial charge in [0.25, 0.3) is 5.69 Å². The number of thioether (sulfide) groups is 1. The Morgan fingerprint density at radius 2 is 2.29 bits per heavy atom. The fourth-order valence-electron chi connectivity index (χ4n) is 1.25. The molecule has 92 valence electrons. The van der Waals surface area contributed by atoms with E-state index in [0.29, 0.717) is 12.2 Å². The molecule has 0 unspecified atom stereocenters. The van der Waals surface area contributed by atoms with Crippen molar-refractivity contribution in [2.45, 2.75) is 0 Å². The number of carboxylic acids is 1. The summed E-state index contributed by atoms with van der Waals surface area (Å²) < 4.78 is 0. The van der Waals surface area contributed by atoms with Gasteiger partial charge >= 0.3 is 5.97 Å². The van der Waals surface area contributed by atoms with E-state index in [1.54, 1.807) is 11.8 Å². The molecule has 0 bridgehead atoms. The van der Waals surface area contributed by atoms with Gasteiger partial charge in [0, 0.05) is 18.4 Å². The molecule has 1 rings (SSSR count). The molecule has 0 amide bonds. The Hall–Kier alpha value is -1.76. The van der Waals surface area contributed by atoms with Crippen LogP contribution in [-0.4, -0.2) is 34.6 Å². The highest BCUT2D eigenvalue weighted by atomic mass is 32.2. The molecule has 17 heavy (non-hydrogen) atoms. The van der Waals surface area contributed by atoms with Crippen molar-refractivity contribution in [2.24, 2.45) is 0 Å². The highest BCUT2D eigenvalue weighted by Gasteiger charge is 2.16. The Kier molecular flexibility index (Phi) is 4.77. The summed E-state index contributed by atoms with van der Waals surface area (Å²) in [4.78, 5) is 20.9. The molecule has 0 atom stereocenters. The van der Waals surface area contributed by atoms with Crippen LogP contribution < -0.4 is 5.32 Å². The Bertz CT molecular complexity index is 436. The summed E-state index contributed by atoms with van der Waals surface area (Å²) in [6.07, 6.45) is 1.93. The molecule has 0 aliphatic heterocycles. The van der Waals surface area contributed by atoms with Crippen LogP contribution in [0.5, 0.6) is 0 Å². The van der Waals surface area contributed by atoms with Crippen LogP contribution in [0.2, 0.25) is 0 Å². The quantitative estimate of drug-likeness (QED) is 0.460. The van der Waals surface area contributed by atoms with Gasteiger partial charge in [-0.25, -0.2) is 4.79 Å². The Morgan fingerprint density at radius 1 is 1.59 bits per heavy atom. The number of nitro benzene ring substituents is 1. The van der Waals surface area contributed by atoms with Gasteiger partial charge in [-0.3, -0.25) is 10.1 Å². The molecule has 0 aromatic heterocycles. The second-order valence-electron chi connectivity index (χ2n) is 3.21. The van der Waals surface area contributed by atoms with E-state index in [-0.39, 0.29) is 11.3 Å². The molecule has 1 aromatic carbocycles. The number of hydrogen-bond donors (Lipinski definition) is 2. The number of carbonyl (C=O) groups is 1. The number of carboxylic acid groups (broad SMARTS) is 1. The standard InChI is InChI=1S/C10H12N2O4S/c1-17-5-4-11-8-3-2-7(10(13)14)6-9(8)12(15)16/h2-3,6,11H,4-5H2,1H3,(H,13,14). The summed E-state index contributed by atoms with van der Waals surface area (Å²) in [5, 5.41) is 22.5. The summed E-state index contributed by atoms with van der Waals surface area (Å²) >= 11 is 1.62. The molecule has 2 N–H and O–H groups in total. The summed E-state index contributed by atoms with van der Waals surface area (Å²) in [6, 6.07) is 3.82. The number of hydrogen-bond acceptors (Lipinski definition) is 5. The van der Waals surface area contributed by atoms with Gasteiger partial charge in [0.2, 0.25) is 0 Å². The van der Waals surface area contributed by atoms with E-state index in [2.05, 4.69) is 5.32 Å². The fraction of sp³-hybridized carbons (Fsp3) is 0.300. The monoisotopic (exact) mass is 256 g/mol. The highest BCUT2D eigenvalue weighted by molar-refractivity contribution is 7.98. The van der Waals surface area contributed by atoms with Gasteiger partial charge in [-0.2, -0.15) is 11.8 Å². The zero-order valence-electron chi connectivity index (χ0n) is 9.17. The first-order valence-corrected chi connectivity index (χ1v) is 6.20. The Morgan fingerprint density at radius 3 is 2.82 bits per heavy atom. The zero-order valence-corrected chi connectivity index (χ0v) is 9.99. The molecular formula is C10H12N2O4S. The smallest absolute Gasteiger partial charge is 0.335 e. The molecule has 0 fully saturated rings. The minimum atomic E-state index is -1.18. The lowest BCUT2D eigenvalue weighted by molar-refractivity contribution is -0.384. The minimum Gasteiger partial charge on any atom is -0.478 e. The van der Waals surface area contributed by atoms with E-state index in [9.17, 15) is 14.9 Å². The van der Waals surface area contributed by atoms with Crippen LogP contribution in [0, 0.1) is 10.1 Å². The summed E-state index contributed by atoms with van der Waals surface area (Å²) in [5.74, 6) is -0.360. The maximum absolute atomic E-state index is 10.8. The maximum Gasteiger partial charge on any atom is 0.335 e. The third-order valence-electron chi connectivity index (χ3n) is 2.06. The van der Waals surface area contributed by atoms with Crippen molar-refractivity contribution < 1.29 is 14.8 Å². The molecule has 6 nitrogen and oxygen atoms in total. The first-order valence-electron chi connectivity index (χ1n) is 4.80. The fourth-order valence-corrected chi connectivity index (χ4v) is 1.56. The molecule has 0 radical (unpaired) electrons. The van der Waals surface area contributed by atoms with Crippen molar-refractivity contribution in [1.82, 2.24) is 0 Å². The molecule has 0 spiro atoms. The molecule has 0 saturated heterocycles. The number of rotatable bonds is 6. The van der Waals surface area contributed by atoms with Crippen molar-refractivity contribution in [3.05, 3.63) is 33.9 Å². The largest absolute Gasteiger partial charge is 0.478 e. The molecule has 0 heterocycles. The van der Waals surface area contributed by atoms with Crippen molar-refractivity contribution in [1.29, 1.82) is 0 Å². The van der Waals surface area contributed by atoms with E-state index in [1.165, 1.54) is 12.1 Å². The lowest BCUT2D eigenvalue weighted by Gasteiger charge is -2.06. The average molecular weight is 256 g/mol. The van der Waals surface area contributed by atoms with E-state index in [4.69, 9.17) is 5.11 Å². The first kappa shape index (κ1) is 13.3. The molecular weight excluding hydrogens is 244 g/mol. The van der Waals surface area contributed by atoms with Gasteiger partial charge in [0.15, 0.2) is 0 Å². The topological polar surface area (TPSA) is 92.5 Å². The molecule has 7 heteroatoms. The van der Waals surface area contributed by atoms with Crippen LogP contribution in [0.3, 0.4) is 0 Å². The van der Waals surface area contributed by atoms with E-state index in [1.807, 2.05) is 6.26 Å². The van der Waals surface area contributed by atoms with Gasteiger partial charge in [-0.1, -0.05) is 0 Å². The predicted octanol–water partition coefficient (Wildman–Crippen LogP) is 2.07. The van der Waals surface area contributed by atoms with Crippen LogP contribution in [0.15, 0.2) is 18.2 Å². The van der Waals surface area contributed by atoms with E-state index >= 15 is 0 Å². The number of nitrogens with zero attached hydrogens (tertiary/aromatic N) is 1. The van der Waals surface area contributed by atoms with Crippen molar-refractivity contribution in [2.75, 3.05) is 23.9 Å². The highest BCUT2D eigenvalue weighted by Crippen LogP contribution is 2.25. The van der Waals surface area contributed by atoms with Crippen LogP contribution >= 0.6 is 11.8 Å². The summed E-state index contributed by atoms with van der Waals surface area (Å²) in [7, 11) is 0. The number of nitro groups is 1. The van der Waals surface area contributed by atoms with Crippen LogP contribution in [0.1, 0.15) is 10.4 Å². The van der Waals surface area contributed by atoms with E-state index < -0.39 is 10.9 Å². The lowest BCUT2D eigenvalue weighted by Crippen LogP contribution is -2.07. The van der Waals surface area contributed by atoms with Gasteiger partial charge < -0.3 is 10.4 Å². The molecule has 0 aliphatic carbocycles. The predicted molar refractivity (Wildman–Crippen MR) is 66.9 cm³/mol. The number of benzene rings is 1. The van der Waals surface area contributed by atoms with Gasteiger partial charge in [-0.15, -0.1) is 0 Å². The molecule has 0 aliphatic rings. The third kappa shape index (κ3) is 3.63. The van der Waals surface area contributed by atoms with E-state index in [0.717, 1.165) is 11.8 Å². The normalized spacial score (nSPS) is 9.94. The number of nitrogens with one attached hydrogen (secondary N) is 1. The first-order chi connectivity index (χ1) is 8.06. The van der Waals surface area contributed by atoms with Crippen molar-refractivity contribution >= 4 is 29.1 Å². The Labute approximate surface area is 102 Å². The SMILES string of the molecule is CSCCNc1ccc(C(=O)O)cc1[N+](=O)[O-]. The van der Waals surface area contributed by atoms with Gasteiger partial charge in [0.05, 0.1) is 10.5 Å². The van der Waals surface area contributed by atoms with Crippen molar-refractivity contribution in [3.8, 4) is 0 Å². The van der Waals surface area contributed by atoms with Gasteiger partial charge in [-0.05, 0) is 18.4 Å². The Balaban J connectivity index is 2.96. The second-order valence-corrected chi connectivity index (χ2v) is 4.20. The summed E-state index contributed by atoms with van der Waals surface area (Å²) in [5.41, 5.74) is 0.0344. The van der Waals surface area contributed by atoms with Crippen molar-refractivity contribution in [3.63, 3.8) is 0 Å². The maximum atomic E-state index is 10.8. The second kappa shape index (κ2) is 6.09. The number of anilines is 1. The average Bonchev–Trinajstić information content (AvgIpc) is 2.29. The van der Waals surface area contributed by atoms with Gasteiger partial charge in [0.1, 0.15) is 5.69 Å². The molecule has 0 saturated carbocycles. The van der Waals surface area contributed by atoms with Crippen LogP contribution in [0.25, 0.3) is 0 Å². The minimum absolute atomic E-state index is 0.0906. The lowest BCUT2D eigenvalue weighted by atomic mass is 10.1. The molecule has 1 aromatic rings.